The fourth-order valence-corrected chi connectivity index (χ4v) is 1.71. The molecule has 96 valence electrons. The van der Waals surface area contributed by atoms with Crippen molar-refractivity contribution in [2.24, 2.45) is 0 Å². The zero-order chi connectivity index (χ0) is 13.8. The Kier molecular flexibility index (Phi) is 3.56. The van der Waals surface area contributed by atoms with E-state index in [9.17, 15) is 14.9 Å². The number of rotatable bonds is 4. The van der Waals surface area contributed by atoms with Gasteiger partial charge in [0.2, 0.25) is 0 Å². The van der Waals surface area contributed by atoms with Gasteiger partial charge in [0.05, 0.1) is 4.92 Å². The minimum atomic E-state index is -0.447. The predicted molar refractivity (Wildman–Crippen MR) is 72.8 cm³/mol. The Bertz CT molecular complexity index is 638. The Morgan fingerprint density at radius 2 is 1.89 bits per heavy atom. The molecule has 0 amide bonds. The van der Waals surface area contributed by atoms with Gasteiger partial charge in [-0.3, -0.25) is 14.9 Å². The number of ketones is 1. The molecule has 0 fully saturated rings. The van der Waals surface area contributed by atoms with Gasteiger partial charge in [0.1, 0.15) is 5.69 Å². The normalized spacial score (nSPS) is 9.95. The molecule has 0 spiro atoms. The van der Waals surface area contributed by atoms with Crippen molar-refractivity contribution in [3.05, 3.63) is 64.2 Å². The number of para-hydroxylation sites is 2. The molecule has 0 aliphatic carbocycles. The molecule has 5 nitrogen and oxygen atoms in total. The van der Waals surface area contributed by atoms with Crippen molar-refractivity contribution in [1.29, 1.82) is 0 Å². The van der Waals surface area contributed by atoms with Crippen molar-refractivity contribution in [2.75, 3.05) is 5.32 Å². The van der Waals surface area contributed by atoms with Crippen LogP contribution in [0.3, 0.4) is 0 Å². The van der Waals surface area contributed by atoms with Gasteiger partial charge in [-0.25, -0.2) is 0 Å². The van der Waals surface area contributed by atoms with Gasteiger partial charge in [-0.05, 0) is 25.1 Å². The van der Waals surface area contributed by atoms with Crippen molar-refractivity contribution in [1.82, 2.24) is 0 Å². The first kappa shape index (κ1) is 12.8. The van der Waals surface area contributed by atoms with E-state index in [1.165, 1.54) is 13.0 Å². The topological polar surface area (TPSA) is 72.2 Å². The third-order valence-corrected chi connectivity index (χ3v) is 2.65. The molecule has 2 aromatic carbocycles. The van der Waals surface area contributed by atoms with Gasteiger partial charge >= 0.3 is 0 Å². The monoisotopic (exact) mass is 256 g/mol. The summed E-state index contributed by atoms with van der Waals surface area (Å²) in [5.74, 6) is -0.0498. The lowest BCUT2D eigenvalue weighted by molar-refractivity contribution is -0.383. The fraction of sp³-hybridized carbons (Fsp3) is 0.0714. The van der Waals surface area contributed by atoms with E-state index in [4.69, 9.17) is 0 Å². The molecule has 0 aliphatic heterocycles. The van der Waals surface area contributed by atoms with E-state index < -0.39 is 4.92 Å². The minimum Gasteiger partial charge on any atom is -0.350 e. The summed E-state index contributed by atoms with van der Waals surface area (Å²) in [5, 5.41) is 13.9. The average Bonchev–Trinajstić information content (AvgIpc) is 2.39. The predicted octanol–water partition coefficient (Wildman–Crippen LogP) is 3.54. The molecule has 1 N–H and O–H groups in total. The number of carbonyl (C=O) groups is 1. The highest BCUT2D eigenvalue weighted by Crippen LogP contribution is 2.27. The van der Waals surface area contributed by atoms with Gasteiger partial charge in [-0.2, -0.15) is 0 Å². The van der Waals surface area contributed by atoms with Crippen LogP contribution in [0.2, 0.25) is 0 Å². The van der Waals surface area contributed by atoms with E-state index in [0.29, 0.717) is 16.9 Å². The molecule has 0 unspecified atom stereocenters. The number of Topliss-reactive ketones (excluding diaryl/α,β-unsaturated/α-hetero) is 1. The molecule has 0 saturated heterocycles. The van der Waals surface area contributed by atoms with Crippen LogP contribution in [-0.2, 0) is 0 Å². The Balaban J connectivity index is 2.34. The number of nitro groups is 1. The number of hydrogen-bond acceptors (Lipinski definition) is 4. The molecule has 0 bridgehead atoms. The molecule has 0 radical (unpaired) electrons. The first-order valence-electron chi connectivity index (χ1n) is 5.69. The van der Waals surface area contributed by atoms with Crippen LogP contribution in [0.5, 0.6) is 0 Å². The SMILES string of the molecule is CC(=O)c1cccc(Nc2ccccc2[N+](=O)[O-])c1. The number of anilines is 2. The first-order valence-corrected chi connectivity index (χ1v) is 5.69. The molecule has 0 aliphatic rings. The van der Waals surface area contributed by atoms with E-state index in [0.717, 1.165) is 0 Å². The second-order valence-corrected chi connectivity index (χ2v) is 4.04. The molecule has 0 heterocycles. The van der Waals surface area contributed by atoms with Crippen molar-refractivity contribution in [2.45, 2.75) is 6.92 Å². The minimum absolute atomic E-state index is 0.00396. The Morgan fingerprint density at radius 1 is 1.16 bits per heavy atom. The van der Waals surface area contributed by atoms with E-state index in [1.54, 1.807) is 42.5 Å². The second-order valence-electron chi connectivity index (χ2n) is 4.04. The summed E-state index contributed by atoms with van der Waals surface area (Å²) < 4.78 is 0. The largest absolute Gasteiger partial charge is 0.350 e. The van der Waals surface area contributed by atoms with Crippen LogP contribution in [0.1, 0.15) is 17.3 Å². The number of nitrogens with zero attached hydrogens (tertiary/aromatic N) is 1. The van der Waals surface area contributed by atoms with Crippen LogP contribution in [0.15, 0.2) is 48.5 Å². The zero-order valence-electron chi connectivity index (χ0n) is 10.3. The molecule has 0 saturated carbocycles. The highest BCUT2D eigenvalue weighted by atomic mass is 16.6. The Labute approximate surface area is 110 Å². The van der Waals surface area contributed by atoms with Crippen LogP contribution in [0, 0.1) is 10.1 Å². The van der Waals surface area contributed by atoms with Gasteiger partial charge in [0.15, 0.2) is 5.78 Å². The standard InChI is InChI=1S/C14H12N2O3/c1-10(17)11-5-4-6-12(9-11)15-13-7-2-3-8-14(13)16(18)19/h2-9,15H,1H3. The van der Waals surface area contributed by atoms with Gasteiger partial charge in [-0.1, -0.05) is 24.3 Å². The van der Waals surface area contributed by atoms with Crippen molar-refractivity contribution in [3.63, 3.8) is 0 Å². The maximum atomic E-state index is 11.3. The van der Waals surface area contributed by atoms with Gasteiger partial charge in [-0.15, -0.1) is 0 Å². The Morgan fingerprint density at radius 3 is 2.58 bits per heavy atom. The molecule has 19 heavy (non-hydrogen) atoms. The summed E-state index contributed by atoms with van der Waals surface area (Å²) in [6, 6.07) is 13.2. The third kappa shape index (κ3) is 2.95. The maximum Gasteiger partial charge on any atom is 0.292 e. The van der Waals surface area contributed by atoms with Crippen LogP contribution in [-0.4, -0.2) is 10.7 Å². The lowest BCUT2D eigenvalue weighted by Crippen LogP contribution is -1.98. The van der Waals surface area contributed by atoms with E-state index in [1.807, 2.05) is 0 Å². The van der Waals surface area contributed by atoms with Crippen molar-refractivity contribution in [3.8, 4) is 0 Å². The third-order valence-electron chi connectivity index (χ3n) is 2.65. The van der Waals surface area contributed by atoms with Crippen LogP contribution >= 0.6 is 0 Å². The lowest BCUT2D eigenvalue weighted by Gasteiger charge is -2.07. The molecular weight excluding hydrogens is 244 g/mol. The summed E-state index contributed by atoms with van der Waals surface area (Å²) in [5.41, 5.74) is 1.59. The molecule has 0 aromatic heterocycles. The lowest BCUT2D eigenvalue weighted by atomic mass is 10.1. The number of carbonyl (C=O) groups excluding carboxylic acids is 1. The maximum absolute atomic E-state index is 11.3. The van der Waals surface area contributed by atoms with Crippen LogP contribution in [0.25, 0.3) is 0 Å². The fourth-order valence-electron chi connectivity index (χ4n) is 1.71. The first-order chi connectivity index (χ1) is 9.08. The quantitative estimate of drug-likeness (QED) is 0.516. The summed E-state index contributed by atoms with van der Waals surface area (Å²) in [6.45, 7) is 1.48. The van der Waals surface area contributed by atoms with Crippen LogP contribution < -0.4 is 5.32 Å². The highest BCUT2D eigenvalue weighted by Gasteiger charge is 2.12. The number of hydrogen-bond donors (Lipinski definition) is 1. The van der Waals surface area contributed by atoms with Crippen molar-refractivity contribution >= 4 is 22.8 Å². The van der Waals surface area contributed by atoms with E-state index in [-0.39, 0.29) is 11.5 Å². The summed E-state index contributed by atoms with van der Waals surface area (Å²) >= 11 is 0. The van der Waals surface area contributed by atoms with Crippen LogP contribution in [0.4, 0.5) is 17.1 Å². The summed E-state index contributed by atoms with van der Waals surface area (Å²) in [4.78, 5) is 21.7. The average molecular weight is 256 g/mol. The highest BCUT2D eigenvalue weighted by molar-refractivity contribution is 5.95. The van der Waals surface area contributed by atoms with E-state index >= 15 is 0 Å². The molecule has 2 aromatic rings. The molecule has 5 heteroatoms. The smallest absolute Gasteiger partial charge is 0.292 e. The number of benzene rings is 2. The zero-order valence-corrected chi connectivity index (χ0v) is 10.3. The second kappa shape index (κ2) is 5.30. The van der Waals surface area contributed by atoms with Gasteiger partial charge < -0.3 is 5.32 Å². The summed E-state index contributed by atoms with van der Waals surface area (Å²) in [7, 11) is 0. The summed E-state index contributed by atoms with van der Waals surface area (Å²) in [6.07, 6.45) is 0. The number of nitro benzene ring substituents is 1. The van der Waals surface area contributed by atoms with E-state index in [2.05, 4.69) is 5.32 Å². The van der Waals surface area contributed by atoms with Crippen molar-refractivity contribution < 1.29 is 9.72 Å². The number of nitrogens with one attached hydrogen (secondary N) is 1. The molecule has 0 atom stereocenters. The molecular formula is C14H12N2O3. The Hall–Kier alpha value is -2.69. The molecule has 2 rings (SSSR count). The van der Waals surface area contributed by atoms with Gasteiger partial charge in [0, 0.05) is 17.3 Å². The van der Waals surface area contributed by atoms with Gasteiger partial charge in [0.25, 0.3) is 5.69 Å².